The summed E-state index contributed by atoms with van der Waals surface area (Å²) in [6, 6.07) is 0. The largest absolute Gasteiger partial charge is 0.393 e. The molecule has 1 unspecified atom stereocenters. The third-order valence-corrected chi connectivity index (χ3v) is 4.62. The highest BCUT2D eigenvalue weighted by molar-refractivity contribution is 7.85. The summed E-state index contributed by atoms with van der Waals surface area (Å²) in [6.07, 6.45) is 13.8. The lowest BCUT2D eigenvalue weighted by molar-refractivity contribution is 0.150. The molecule has 0 amide bonds. The molecule has 2 N–H and O–H groups in total. The van der Waals surface area contributed by atoms with Gasteiger partial charge in [0.25, 0.3) is 10.1 Å². The van der Waals surface area contributed by atoms with E-state index in [0.29, 0.717) is 6.42 Å². The van der Waals surface area contributed by atoms with Gasteiger partial charge in [0.15, 0.2) is 0 Å². The van der Waals surface area contributed by atoms with Crippen molar-refractivity contribution in [2.24, 2.45) is 0 Å². The molecule has 0 fully saturated rings. The van der Waals surface area contributed by atoms with E-state index in [2.05, 4.69) is 6.92 Å². The zero-order valence-electron chi connectivity index (χ0n) is 13.6. The highest BCUT2D eigenvalue weighted by atomic mass is 32.2. The molecule has 0 spiro atoms. The Morgan fingerprint density at radius 2 is 1.19 bits per heavy atom. The van der Waals surface area contributed by atoms with Crippen molar-refractivity contribution in [3.05, 3.63) is 0 Å². The number of rotatable bonds is 15. The first kappa shape index (κ1) is 20.9. The number of unbranched alkanes of at least 4 members (excludes halogenated alkanes) is 9. The smallest absolute Gasteiger partial charge is 0.264 e. The minimum atomic E-state index is -3.76. The molecule has 0 heterocycles. The summed E-state index contributed by atoms with van der Waals surface area (Å²) in [6.45, 7) is 2.10. The Morgan fingerprint density at radius 1 is 0.762 bits per heavy atom. The van der Waals surface area contributed by atoms with E-state index in [9.17, 15) is 13.5 Å². The number of aliphatic hydroxyl groups is 1. The van der Waals surface area contributed by atoms with Crippen molar-refractivity contribution < 1.29 is 18.1 Å². The number of aliphatic hydroxyl groups excluding tert-OH is 1. The van der Waals surface area contributed by atoms with Crippen LogP contribution in [0.15, 0.2) is 0 Å². The van der Waals surface area contributed by atoms with E-state index in [0.717, 1.165) is 44.9 Å². The highest BCUT2D eigenvalue weighted by Crippen LogP contribution is 2.13. The van der Waals surface area contributed by atoms with Gasteiger partial charge in [-0.1, -0.05) is 71.1 Å². The van der Waals surface area contributed by atoms with Gasteiger partial charge in [-0.2, -0.15) is 8.42 Å². The van der Waals surface area contributed by atoms with Crippen molar-refractivity contribution >= 4 is 10.1 Å². The predicted octanol–water partition coefficient (Wildman–Crippen LogP) is 4.33. The molecule has 1 atom stereocenters. The van der Waals surface area contributed by atoms with Crippen LogP contribution < -0.4 is 0 Å². The average molecular weight is 323 g/mol. The zero-order chi connectivity index (χ0) is 16.0. The Bertz CT molecular complexity index is 314. The van der Waals surface area contributed by atoms with Crippen molar-refractivity contribution in [1.29, 1.82) is 0 Å². The molecule has 0 aliphatic carbocycles. The van der Waals surface area contributed by atoms with Gasteiger partial charge in [-0.05, 0) is 19.3 Å². The maximum atomic E-state index is 10.5. The third-order valence-electron chi connectivity index (χ3n) is 3.81. The fraction of sp³-hybridized carbons (Fsp3) is 1.00. The Morgan fingerprint density at radius 3 is 1.62 bits per heavy atom. The second kappa shape index (κ2) is 13.5. The molecule has 0 saturated heterocycles. The van der Waals surface area contributed by atoms with Crippen molar-refractivity contribution in [2.45, 2.75) is 96.5 Å². The molecule has 0 radical (unpaired) electrons. The van der Waals surface area contributed by atoms with E-state index >= 15 is 0 Å². The SMILES string of the molecule is CCCC(O)CCCCCCCCCCCCS(=O)(=O)O. The average Bonchev–Trinajstić information content (AvgIpc) is 2.39. The van der Waals surface area contributed by atoms with Crippen LogP contribution in [-0.2, 0) is 10.1 Å². The van der Waals surface area contributed by atoms with Gasteiger partial charge in [0.1, 0.15) is 0 Å². The zero-order valence-corrected chi connectivity index (χ0v) is 14.4. The first-order valence-corrected chi connectivity index (χ1v) is 10.2. The summed E-state index contributed by atoms with van der Waals surface area (Å²) in [7, 11) is -3.76. The molecule has 0 aromatic rings. The summed E-state index contributed by atoms with van der Waals surface area (Å²) >= 11 is 0. The molecule has 0 bridgehead atoms. The molecule has 21 heavy (non-hydrogen) atoms. The standard InChI is InChI=1S/C16H34O4S/c1-2-13-16(17)14-11-9-7-5-3-4-6-8-10-12-15-21(18,19)20/h16-17H,2-15H2,1H3,(H,18,19,20). The summed E-state index contributed by atoms with van der Waals surface area (Å²) in [5.41, 5.74) is 0. The quantitative estimate of drug-likeness (QED) is 0.348. The topological polar surface area (TPSA) is 74.6 Å². The van der Waals surface area contributed by atoms with Gasteiger partial charge >= 0.3 is 0 Å². The van der Waals surface area contributed by atoms with Crippen LogP contribution in [0.25, 0.3) is 0 Å². The van der Waals surface area contributed by atoms with Gasteiger partial charge in [0.2, 0.25) is 0 Å². The van der Waals surface area contributed by atoms with Crippen LogP contribution in [-0.4, -0.2) is 29.9 Å². The van der Waals surface area contributed by atoms with E-state index < -0.39 is 10.1 Å². The maximum absolute atomic E-state index is 10.5. The Kier molecular flexibility index (Phi) is 13.4. The lowest BCUT2D eigenvalue weighted by atomic mass is 10.0. The van der Waals surface area contributed by atoms with Crippen molar-refractivity contribution in [3.8, 4) is 0 Å². The van der Waals surface area contributed by atoms with E-state index in [-0.39, 0.29) is 11.9 Å². The molecular weight excluding hydrogens is 288 g/mol. The minimum absolute atomic E-state index is 0.0993. The van der Waals surface area contributed by atoms with Crippen molar-refractivity contribution in [1.82, 2.24) is 0 Å². The molecule has 0 rings (SSSR count). The summed E-state index contributed by atoms with van der Waals surface area (Å²) in [4.78, 5) is 0. The van der Waals surface area contributed by atoms with Crippen LogP contribution in [0, 0.1) is 0 Å². The summed E-state index contributed by atoms with van der Waals surface area (Å²) in [5.74, 6) is -0.100. The normalized spacial score (nSPS) is 13.5. The fourth-order valence-corrected chi connectivity index (χ4v) is 3.13. The van der Waals surface area contributed by atoms with Gasteiger partial charge in [0.05, 0.1) is 11.9 Å². The number of hydrogen-bond donors (Lipinski definition) is 2. The fourth-order valence-electron chi connectivity index (χ4n) is 2.56. The lowest BCUT2D eigenvalue weighted by Crippen LogP contribution is -2.04. The van der Waals surface area contributed by atoms with Gasteiger partial charge < -0.3 is 5.11 Å². The van der Waals surface area contributed by atoms with Crippen LogP contribution in [0.3, 0.4) is 0 Å². The van der Waals surface area contributed by atoms with Gasteiger partial charge in [0, 0.05) is 0 Å². The van der Waals surface area contributed by atoms with Crippen LogP contribution in [0.5, 0.6) is 0 Å². The van der Waals surface area contributed by atoms with E-state index in [1.807, 2.05) is 0 Å². The predicted molar refractivity (Wildman–Crippen MR) is 88.1 cm³/mol. The monoisotopic (exact) mass is 322 g/mol. The van der Waals surface area contributed by atoms with Crippen molar-refractivity contribution in [3.63, 3.8) is 0 Å². The Balaban J connectivity index is 3.12. The summed E-state index contributed by atoms with van der Waals surface area (Å²) < 4.78 is 29.6. The molecule has 128 valence electrons. The molecule has 5 heteroatoms. The van der Waals surface area contributed by atoms with Crippen LogP contribution >= 0.6 is 0 Å². The highest BCUT2D eigenvalue weighted by Gasteiger charge is 2.03. The molecule has 0 aromatic heterocycles. The number of hydrogen-bond acceptors (Lipinski definition) is 3. The molecule has 0 aliphatic rings. The van der Waals surface area contributed by atoms with E-state index in [1.165, 1.54) is 32.1 Å². The first-order chi connectivity index (χ1) is 9.95. The van der Waals surface area contributed by atoms with Crippen LogP contribution in [0.4, 0.5) is 0 Å². The second-order valence-electron chi connectivity index (χ2n) is 6.05. The van der Waals surface area contributed by atoms with Crippen LogP contribution in [0.2, 0.25) is 0 Å². The van der Waals surface area contributed by atoms with Gasteiger partial charge in [-0.15, -0.1) is 0 Å². The van der Waals surface area contributed by atoms with Gasteiger partial charge in [-0.25, -0.2) is 0 Å². The lowest BCUT2D eigenvalue weighted by Gasteiger charge is -2.08. The van der Waals surface area contributed by atoms with Crippen molar-refractivity contribution in [2.75, 3.05) is 5.75 Å². The Labute approximate surface area is 131 Å². The summed E-state index contributed by atoms with van der Waals surface area (Å²) in [5, 5.41) is 9.59. The molecule has 4 nitrogen and oxygen atoms in total. The van der Waals surface area contributed by atoms with E-state index in [4.69, 9.17) is 4.55 Å². The first-order valence-electron chi connectivity index (χ1n) is 8.59. The molecular formula is C16H34O4S. The maximum Gasteiger partial charge on any atom is 0.264 e. The third kappa shape index (κ3) is 17.8. The molecule has 0 aliphatic heterocycles. The van der Waals surface area contributed by atoms with E-state index in [1.54, 1.807) is 0 Å². The van der Waals surface area contributed by atoms with Crippen LogP contribution in [0.1, 0.15) is 90.4 Å². The Hall–Kier alpha value is -0.130. The minimum Gasteiger partial charge on any atom is -0.393 e. The second-order valence-corrected chi connectivity index (χ2v) is 7.62. The van der Waals surface area contributed by atoms with Gasteiger partial charge in [-0.3, -0.25) is 4.55 Å². The molecule has 0 saturated carbocycles. The molecule has 0 aromatic carbocycles.